The topological polar surface area (TPSA) is 65.5 Å². The van der Waals surface area contributed by atoms with Crippen LogP contribution in [0.3, 0.4) is 0 Å². The lowest BCUT2D eigenvalue weighted by molar-refractivity contribution is -0.123. The molecule has 0 aliphatic carbocycles. The van der Waals surface area contributed by atoms with Crippen LogP contribution in [0.25, 0.3) is 0 Å². The summed E-state index contributed by atoms with van der Waals surface area (Å²) in [6.45, 7) is 0.914. The minimum atomic E-state index is -0.780. The Kier molecular flexibility index (Phi) is 2.39. The molecule has 1 atom stereocenters. The highest BCUT2D eigenvalue weighted by atomic mass is 16.5. The molecule has 0 radical (unpaired) electrons. The third-order valence-corrected chi connectivity index (χ3v) is 2.55. The first-order valence-corrected chi connectivity index (χ1v) is 4.62. The summed E-state index contributed by atoms with van der Waals surface area (Å²) in [6.07, 6.45) is 4.06. The summed E-state index contributed by atoms with van der Waals surface area (Å²) in [5, 5.41) is 0. The third kappa shape index (κ3) is 1.71. The van der Waals surface area contributed by atoms with Gasteiger partial charge in [-0.15, -0.1) is 0 Å². The monoisotopic (exact) mass is 195 g/mol. The zero-order valence-electron chi connectivity index (χ0n) is 7.86. The van der Waals surface area contributed by atoms with E-state index in [1.807, 2.05) is 0 Å². The van der Waals surface area contributed by atoms with Crippen molar-refractivity contribution in [3.8, 4) is 0 Å². The van der Waals surface area contributed by atoms with E-state index in [1.165, 1.54) is 0 Å². The Morgan fingerprint density at radius 1 is 1.64 bits per heavy atom. The Balaban J connectivity index is 2.02. The molecule has 4 nitrogen and oxygen atoms in total. The molecule has 0 bridgehead atoms. The minimum Gasteiger partial charge on any atom is -0.472 e. The largest absolute Gasteiger partial charge is 0.472 e. The first-order chi connectivity index (χ1) is 6.71. The predicted molar refractivity (Wildman–Crippen MR) is 49.8 cm³/mol. The molecule has 0 aromatic carbocycles. The van der Waals surface area contributed by atoms with Crippen molar-refractivity contribution in [2.24, 2.45) is 5.73 Å². The maximum absolute atomic E-state index is 11.8. The van der Waals surface area contributed by atoms with Crippen LogP contribution in [0.4, 0.5) is 0 Å². The highest BCUT2D eigenvalue weighted by Gasteiger charge is 2.37. The molecule has 1 aliphatic rings. The Bertz CT molecular complexity index is 312. The number of Topliss-reactive ketones (excluding diaryl/α,β-unsaturated/α-hetero) is 1. The van der Waals surface area contributed by atoms with Gasteiger partial charge in [-0.3, -0.25) is 4.79 Å². The van der Waals surface area contributed by atoms with Gasteiger partial charge in [-0.1, -0.05) is 0 Å². The van der Waals surface area contributed by atoms with Gasteiger partial charge in [-0.25, -0.2) is 0 Å². The van der Waals surface area contributed by atoms with E-state index in [9.17, 15) is 4.79 Å². The molecule has 2 rings (SSSR count). The van der Waals surface area contributed by atoms with Gasteiger partial charge in [-0.2, -0.15) is 0 Å². The molecule has 0 amide bonds. The van der Waals surface area contributed by atoms with E-state index < -0.39 is 5.54 Å². The Morgan fingerprint density at radius 2 is 2.50 bits per heavy atom. The van der Waals surface area contributed by atoms with Crippen molar-refractivity contribution in [3.63, 3.8) is 0 Å². The maximum atomic E-state index is 11.8. The van der Waals surface area contributed by atoms with Gasteiger partial charge in [0.25, 0.3) is 0 Å². The lowest BCUT2D eigenvalue weighted by Gasteiger charge is -2.19. The number of ketones is 1. The van der Waals surface area contributed by atoms with Crippen LogP contribution in [-0.4, -0.2) is 24.5 Å². The first kappa shape index (κ1) is 9.43. The van der Waals surface area contributed by atoms with Crippen molar-refractivity contribution in [2.75, 3.05) is 13.2 Å². The molecular formula is C10H13NO3. The molecule has 1 saturated heterocycles. The zero-order valence-corrected chi connectivity index (χ0v) is 7.86. The number of nitrogens with two attached hydrogens (primary N) is 1. The van der Waals surface area contributed by atoms with Crippen LogP contribution in [0.15, 0.2) is 23.0 Å². The Labute approximate surface area is 82.0 Å². The van der Waals surface area contributed by atoms with Crippen molar-refractivity contribution >= 4 is 5.78 Å². The molecule has 1 fully saturated rings. The van der Waals surface area contributed by atoms with Crippen molar-refractivity contribution in [1.82, 2.24) is 0 Å². The summed E-state index contributed by atoms with van der Waals surface area (Å²) < 4.78 is 10.0. The second-order valence-electron chi connectivity index (χ2n) is 3.69. The van der Waals surface area contributed by atoms with Gasteiger partial charge in [0.2, 0.25) is 0 Å². The van der Waals surface area contributed by atoms with E-state index in [2.05, 4.69) is 0 Å². The standard InChI is InChI=1S/C10H13NO3/c11-10(2-4-14-7-10)9(12)5-8-1-3-13-6-8/h1,3,6H,2,4-5,7,11H2. The lowest BCUT2D eigenvalue weighted by Crippen LogP contribution is -2.49. The van der Waals surface area contributed by atoms with Gasteiger partial charge >= 0.3 is 0 Å². The van der Waals surface area contributed by atoms with E-state index in [0.29, 0.717) is 26.1 Å². The van der Waals surface area contributed by atoms with Crippen LogP contribution < -0.4 is 5.73 Å². The summed E-state index contributed by atoms with van der Waals surface area (Å²) in [7, 11) is 0. The predicted octanol–water partition coefficient (Wildman–Crippen LogP) is 0.509. The highest BCUT2D eigenvalue weighted by molar-refractivity contribution is 5.90. The number of ether oxygens (including phenoxy) is 1. The van der Waals surface area contributed by atoms with Crippen molar-refractivity contribution in [1.29, 1.82) is 0 Å². The highest BCUT2D eigenvalue weighted by Crippen LogP contribution is 2.18. The molecule has 4 heteroatoms. The van der Waals surface area contributed by atoms with Gasteiger partial charge in [-0.05, 0) is 18.1 Å². The SMILES string of the molecule is NC1(C(=O)Cc2ccoc2)CCOC1. The average Bonchev–Trinajstić information content (AvgIpc) is 2.76. The first-order valence-electron chi connectivity index (χ1n) is 4.62. The zero-order chi connectivity index (χ0) is 10.0. The normalized spacial score (nSPS) is 26.6. The minimum absolute atomic E-state index is 0.0244. The van der Waals surface area contributed by atoms with Crippen LogP contribution in [0.2, 0.25) is 0 Å². The van der Waals surface area contributed by atoms with Gasteiger partial charge in [0.05, 0.1) is 19.1 Å². The summed E-state index contributed by atoms with van der Waals surface area (Å²) in [5.41, 5.74) is 6.00. The number of carbonyl (C=O) groups is 1. The van der Waals surface area contributed by atoms with Crippen LogP contribution in [0.1, 0.15) is 12.0 Å². The molecule has 1 aliphatic heterocycles. The van der Waals surface area contributed by atoms with Crippen LogP contribution >= 0.6 is 0 Å². The molecule has 0 spiro atoms. The van der Waals surface area contributed by atoms with Gasteiger partial charge < -0.3 is 14.9 Å². The van der Waals surface area contributed by atoms with Crippen LogP contribution in [-0.2, 0) is 16.0 Å². The molecule has 76 valence electrons. The Hall–Kier alpha value is -1.13. The van der Waals surface area contributed by atoms with E-state index in [-0.39, 0.29) is 5.78 Å². The number of hydrogen-bond donors (Lipinski definition) is 1. The van der Waals surface area contributed by atoms with E-state index in [0.717, 1.165) is 5.56 Å². The second-order valence-corrected chi connectivity index (χ2v) is 3.69. The molecule has 14 heavy (non-hydrogen) atoms. The van der Waals surface area contributed by atoms with E-state index >= 15 is 0 Å². The number of carbonyl (C=O) groups excluding carboxylic acids is 1. The van der Waals surface area contributed by atoms with Crippen molar-refractivity contribution in [3.05, 3.63) is 24.2 Å². The molecule has 1 unspecified atom stereocenters. The van der Waals surface area contributed by atoms with Gasteiger partial charge in [0.15, 0.2) is 5.78 Å². The van der Waals surface area contributed by atoms with Crippen molar-refractivity contribution < 1.29 is 13.9 Å². The van der Waals surface area contributed by atoms with Crippen LogP contribution in [0, 0.1) is 0 Å². The smallest absolute Gasteiger partial charge is 0.159 e. The fraction of sp³-hybridized carbons (Fsp3) is 0.500. The number of hydrogen-bond acceptors (Lipinski definition) is 4. The fourth-order valence-corrected chi connectivity index (χ4v) is 1.56. The number of furan rings is 1. The summed E-state index contributed by atoms with van der Waals surface area (Å²) >= 11 is 0. The molecular weight excluding hydrogens is 182 g/mol. The summed E-state index contributed by atoms with van der Waals surface area (Å²) in [5.74, 6) is 0.0244. The van der Waals surface area contributed by atoms with Crippen molar-refractivity contribution in [2.45, 2.75) is 18.4 Å². The number of rotatable bonds is 3. The summed E-state index contributed by atoms with van der Waals surface area (Å²) in [4.78, 5) is 11.8. The lowest BCUT2D eigenvalue weighted by atomic mass is 9.91. The maximum Gasteiger partial charge on any atom is 0.159 e. The van der Waals surface area contributed by atoms with E-state index in [1.54, 1.807) is 18.6 Å². The average molecular weight is 195 g/mol. The van der Waals surface area contributed by atoms with Gasteiger partial charge in [0, 0.05) is 13.0 Å². The quantitative estimate of drug-likeness (QED) is 0.763. The second kappa shape index (κ2) is 3.55. The molecule has 2 N–H and O–H groups in total. The molecule has 1 aromatic heterocycles. The molecule has 0 saturated carbocycles. The fourth-order valence-electron chi connectivity index (χ4n) is 1.56. The van der Waals surface area contributed by atoms with Crippen LogP contribution in [0.5, 0.6) is 0 Å². The van der Waals surface area contributed by atoms with E-state index in [4.69, 9.17) is 14.9 Å². The summed E-state index contributed by atoms with van der Waals surface area (Å²) in [6, 6.07) is 1.77. The molecule has 2 heterocycles. The third-order valence-electron chi connectivity index (χ3n) is 2.55. The van der Waals surface area contributed by atoms with Gasteiger partial charge in [0.1, 0.15) is 5.54 Å². The molecule has 1 aromatic rings. The Morgan fingerprint density at radius 3 is 3.07 bits per heavy atom.